The second-order valence-electron chi connectivity index (χ2n) is 4.14. The van der Waals surface area contributed by atoms with E-state index in [1.165, 1.54) is 12.1 Å². The third kappa shape index (κ3) is 5.65. The van der Waals surface area contributed by atoms with Crippen LogP contribution < -0.4 is 10.1 Å². The number of benzene rings is 1. The van der Waals surface area contributed by atoms with E-state index in [-0.39, 0.29) is 12.4 Å². The standard InChI is InChI=1S/C13H20FNO2/c1-3-10(2)15-8-12(16)9-17-13-6-4-11(14)5-7-13/h4-7,10,12,15-16H,3,8-9H2,1-2H3. The molecule has 2 atom stereocenters. The lowest BCUT2D eigenvalue weighted by Crippen LogP contribution is -2.36. The number of aliphatic hydroxyl groups excluding tert-OH is 1. The SMILES string of the molecule is CCC(C)NCC(O)COc1ccc(F)cc1. The van der Waals surface area contributed by atoms with Gasteiger partial charge in [0, 0.05) is 12.6 Å². The van der Waals surface area contributed by atoms with Crippen LogP contribution in [0.4, 0.5) is 4.39 Å². The van der Waals surface area contributed by atoms with Crippen molar-refractivity contribution in [2.75, 3.05) is 13.2 Å². The minimum absolute atomic E-state index is 0.203. The van der Waals surface area contributed by atoms with Gasteiger partial charge in [0.25, 0.3) is 0 Å². The maximum Gasteiger partial charge on any atom is 0.123 e. The molecule has 0 heterocycles. The molecule has 1 aromatic carbocycles. The van der Waals surface area contributed by atoms with Crippen LogP contribution in [-0.4, -0.2) is 30.4 Å². The molecule has 0 saturated carbocycles. The smallest absolute Gasteiger partial charge is 0.123 e. The van der Waals surface area contributed by atoms with Gasteiger partial charge in [-0.15, -0.1) is 0 Å². The van der Waals surface area contributed by atoms with Crippen molar-refractivity contribution in [2.45, 2.75) is 32.4 Å². The molecule has 0 radical (unpaired) electrons. The first-order chi connectivity index (χ1) is 8.11. The van der Waals surface area contributed by atoms with Crippen molar-refractivity contribution in [1.82, 2.24) is 5.32 Å². The van der Waals surface area contributed by atoms with Crippen LogP contribution in [0.25, 0.3) is 0 Å². The van der Waals surface area contributed by atoms with Crippen LogP contribution in [0.5, 0.6) is 5.75 Å². The molecule has 96 valence electrons. The van der Waals surface area contributed by atoms with Crippen LogP contribution in [0.3, 0.4) is 0 Å². The molecular weight excluding hydrogens is 221 g/mol. The van der Waals surface area contributed by atoms with Gasteiger partial charge in [-0.3, -0.25) is 0 Å². The molecule has 2 unspecified atom stereocenters. The topological polar surface area (TPSA) is 41.5 Å². The molecule has 0 aliphatic rings. The fraction of sp³-hybridized carbons (Fsp3) is 0.538. The van der Waals surface area contributed by atoms with Crippen LogP contribution in [0.15, 0.2) is 24.3 Å². The number of aliphatic hydroxyl groups is 1. The summed E-state index contributed by atoms with van der Waals surface area (Å²) >= 11 is 0. The average Bonchev–Trinajstić information content (AvgIpc) is 2.35. The molecule has 4 heteroatoms. The summed E-state index contributed by atoms with van der Waals surface area (Å²) in [6.45, 7) is 4.85. The Bertz CT molecular complexity index is 316. The molecule has 0 aliphatic carbocycles. The van der Waals surface area contributed by atoms with E-state index in [1.807, 2.05) is 0 Å². The highest BCUT2D eigenvalue weighted by atomic mass is 19.1. The van der Waals surface area contributed by atoms with Gasteiger partial charge in [-0.25, -0.2) is 4.39 Å². The van der Waals surface area contributed by atoms with Crippen LogP contribution in [0, 0.1) is 5.82 Å². The first-order valence-electron chi connectivity index (χ1n) is 5.91. The third-order valence-electron chi connectivity index (χ3n) is 2.57. The summed E-state index contributed by atoms with van der Waals surface area (Å²) in [6.07, 6.45) is 0.458. The van der Waals surface area contributed by atoms with Crippen molar-refractivity contribution in [1.29, 1.82) is 0 Å². The highest BCUT2D eigenvalue weighted by Gasteiger charge is 2.06. The summed E-state index contributed by atoms with van der Waals surface area (Å²) in [5.41, 5.74) is 0. The summed E-state index contributed by atoms with van der Waals surface area (Å²) in [5.74, 6) is 0.269. The Morgan fingerprint density at radius 3 is 2.59 bits per heavy atom. The van der Waals surface area contributed by atoms with Crippen molar-refractivity contribution >= 4 is 0 Å². The van der Waals surface area contributed by atoms with E-state index in [0.29, 0.717) is 18.3 Å². The third-order valence-corrected chi connectivity index (χ3v) is 2.57. The number of nitrogens with one attached hydrogen (secondary N) is 1. The summed E-state index contributed by atoms with van der Waals surface area (Å²) in [4.78, 5) is 0. The van der Waals surface area contributed by atoms with Crippen LogP contribution in [0.1, 0.15) is 20.3 Å². The maximum atomic E-state index is 12.6. The Morgan fingerprint density at radius 2 is 2.00 bits per heavy atom. The first-order valence-corrected chi connectivity index (χ1v) is 5.91. The molecule has 0 bridgehead atoms. The molecule has 1 aromatic rings. The maximum absolute atomic E-state index is 12.6. The van der Waals surface area contributed by atoms with Gasteiger partial charge in [0.1, 0.15) is 24.3 Å². The molecule has 0 aromatic heterocycles. The van der Waals surface area contributed by atoms with E-state index in [2.05, 4.69) is 19.2 Å². The summed E-state index contributed by atoms with van der Waals surface area (Å²) < 4.78 is 18.0. The fourth-order valence-corrected chi connectivity index (χ4v) is 1.26. The number of hydrogen-bond acceptors (Lipinski definition) is 3. The van der Waals surface area contributed by atoms with Gasteiger partial charge in [-0.1, -0.05) is 6.92 Å². The Hall–Kier alpha value is -1.13. The van der Waals surface area contributed by atoms with Gasteiger partial charge in [-0.2, -0.15) is 0 Å². The van der Waals surface area contributed by atoms with Gasteiger partial charge < -0.3 is 15.2 Å². The van der Waals surface area contributed by atoms with Gasteiger partial charge in [0.2, 0.25) is 0 Å². The largest absolute Gasteiger partial charge is 0.491 e. The van der Waals surface area contributed by atoms with Crippen LogP contribution in [-0.2, 0) is 0 Å². The van der Waals surface area contributed by atoms with Crippen LogP contribution >= 0.6 is 0 Å². The van der Waals surface area contributed by atoms with E-state index in [0.717, 1.165) is 6.42 Å². The number of halogens is 1. The van der Waals surface area contributed by atoms with E-state index in [4.69, 9.17) is 4.74 Å². The number of rotatable bonds is 7. The fourth-order valence-electron chi connectivity index (χ4n) is 1.26. The Morgan fingerprint density at radius 1 is 1.35 bits per heavy atom. The predicted octanol–water partition coefficient (Wildman–Crippen LogP) is 1.95. The lowest BCUT2D eigenvalue weighted by Gasteiger charge is -2.16. The molecule has 1 rings (SSSR count). The Balaban J connectivity index is 2.23. The van der Waals surface area contributed by atoms with Crippen molar-refractivity contribution in [2.24, 2.45) is 0 Å². The quantitative estimate of drug-likeness (QED) is 0.766. The number of hydrogen-bond donors (Lipinski definition) is 2. The molecule has 0 aliphatic heterocycles. The van der Waals surface area contributed by atoms with Crippen molar-refractivity contribution in [3.05, 3.63) is 30.1 Å². The molecule has 0 spiro atoms. The highest BCUT2D eigenvalue weighted by Crippen LogP contribution is 2.11. The first kappa shape index (κ1) is 13.9. The van der Waals surface area contributed by atoms with E-state index >= 15 is 0 Å². The van der Waals surface area contributed by atoms with Crippen molar-refractivity contribution in [3.63, 3.8) is 0 Å². The summed E-state index contributed by atoms with van der Waals surface area (Å²) in [6, 6.07) is 6.14. The molecule has 3 nitrogen and oxygen atoms in total. The van der Waals surface area contributed by atoms with Crippen molar-refractivity contribution in [3.8, 4) is 5.75 Å². The van der Waals surface area contributed by atoms with Gasteiger partial charge in [-0.05, 0) is 37.6 Å². The van der Waals surface area contributed by atoms with E-state index < -0.39 is 6.10 Å². The van der Waals surface area contributed by atoms with E-state index in [1.54, 1.807) is 12.1 Å². The van der Waals surface area contributed by atoms with Crippen molar-refractivity contribution < 1.29 is 14.2 Å². The van der Waals surface area contributed by atoms with Gasteiger partial charge in [0.05, 0.1) is 0 Å². The van der Waals surface area contributed by atoms with Gasteiger partial charge >= 0.3 is 0 Å². The Labute approximate surface area is 102 Å². The van der Waals surface area contributed by atoms with E-state index in [9.17, 15) is 9.50 Å². The minimum atomic E-state index is -0.561. The summed E-state index contributed by atoms with van der Waals surface area (Å²) in [5, 5.41) is 12.8. The molecule has 0 amide bonds. The summed E-state index contributed by atoms with van der Waals surface area (Å²) in [7, 11) is 0. The zero-order valence-electron chi connectivity index (χ0n) is 10.3. The Kier molecular flexibility index (Phi) is 5.94. The molecule has 17 heavy (non-hydrogen) atoms. The zero-order chi connectivity index (χ0) is 12.7. The predicted molar refractivity (Wildman–Crippen MR) is 65.7 cm³/mol. The molecule has 0 saturated heterocycles. The average molecular weight is 241 g/mol. The normalized spacial score (nSPS) is 14.4. The second kappa shape index (κ2) is 7.25. The molecular formula is C13H20FNO2. The lowest BCUT2D eigenvalue weighted by atomic mass is 10.2. The van der Waals surface area contributed by atoms with Crippen LogP contribution in [0.2, 0.25) is 0 Å². The van der Waals surface area contributed by atoms with Gasteiger partial charge in [0.15, 0.2) is 0 Å². The molecule has 0 fully saturated rings. The lowest BCUT2D eigenvalue weighted by molar-refractivity contribution is 0.104. The zero-order valence-corrected chi connectivity index (χ0v) is 10.3. The highest BCUT2D eigenvalue weighted by molar-refractivity contribution is 5.22. The minimum Gasteiger partial charge on any atom is -0.491 e. The second-order valence-corrected chi connectivity index (χ2v) is 4.14. The number of ether oxygens (including phenoxy) is 1. The molecule has 2 N–H and O–H groups in total. The monoisotopic (exact) mass is 241 g/mol.